The molecule has 0 amide bonds. The van der Waals surface area contributed by atoms with Crippen molar-refractivity contribution in [1.29, 1.82) is 0 Å². The predicted molar refractivity (Wildman–Crippen MR) is 169 cm³/mol. The van der Waals surface area contributed by atoms with Gasteiger partial charge in [0.1, 0.15) is 0 Å². The number of hydrogen-bond donors (Lipinski definition) is 0. The average Bonchev–Trinajstić information content (AvgIpc) is 2.91. The Morgan fingerprint density at radius 3 is 1.74 bits per heavy atom. The fourth-order valence-electron chi connectivity index (χ4n) is 5.40. The highest BCUT2D eigenvalue weighted by molar-refractivity contribution is 9.09. The van der Waals surface area contributed by atoms with Crippen molar-refractivity contribution in [3.8, 4) is 0 Å². The van der Waals surface area contributed by atoms with Gasteiger partial charge in [-0.1, -0.05) is 165 Å². The van der Waals surface area contributed by atoms with Gasteiger partial charge in [0.25, 0.3) is 6.04 Å². The van der Waals surface area contributed by atoms with Crippen molar-refractivity contribution in [3.05, 3.63) is 68.3 Å². The molecule has 2 rings (SSSR count). The van der Waals surface area contributed by atoms with E-state index < -0.39 is 16.9 Å². The highest BCUT2D eigenvalue weighted by Crippen LogP contribution is 2.35. The maximum Gasteiger partial charge on any atom is 0.251 e. The lowest BCUT2D eigenvalue weighted by Crippen LogP contribution is -2.31. The number of hydrogen-bond acceptors (Lipinski definition) is 4. The molecule has 0 N–H and O–H groups in total. The molecule has 0 saturated heterocycles. The molecular weight excluding hydrogens is 624 g/mol. The van der Waals surface area contributed by atoms with E-state index in [2.05, 4.69) is 38.8 Å². The molecule has 0 aliphatic rings. The molecule has 39 heavy (non-hydrogen) atoms. The van der Waals surface area contributed by atoms with Gasteiger partial charge in [-0.2, -0.15) is 0 Å². The van der Waals surface area contributed by atoms with Gasteiger partial charge in [-0.25, -0.2) is 0 Å². The Hall–Kier alpha value is -1.54. The molecule has 0 fully saturated rings. The lowest BCUT2D eigenvalue weighted by atomic mass is 9.94. The second-order valence-corrected chi connectivity index (χ2v) is 13.1. The molecule has 2 aromatic rings. The molecule has 0 saturated carbocycles. The van der Waals surface area contributed by atoms with E-state index in [1.54, 1.807) is 6.07 Å². The molecular formula is C31H46Br2N2O4. The highest BCUT2D eigenvalue weighted by atomic mass is 79.9. The summed E-state index contributed by atoms with van der Waals surface area (Å²) in [6.45, 7) is 2.25. The molecule has 0 radical (unpaired) electrons. The van der Waals surface area contributed by atoms with Crippen LogP contribution in [0, 0.1) is 20.2 Å². The minimum atomic E-state index is -0.974. The van der Waals surface area contributed by atoms with Crippen LogP contribution < -0.4 is 0 Å². The van der Waals surface area contributed by atoms with Crippen LogP contribution >= 0.6 is 31.9 Å². The minimum Gasteiger partial charge on any atom is -0.264 e. The number of benzene rings is 2. The Labute approximate surface area is 251 Å². The monoisotopic (exact) mass is 668 g/mol. The zero-order chi connectivity index (χ0) is 28.5. The fraction of sp³-hybridized carbons (Fsp3) is 0.677. The molecule has 4 unspecified atom stereocenters. The van der Waals surface area contributed by atoms with Crippen molar-refractivity contribution in [3.63, 3.8) is 0 Å². The van der Waals surface area contributed by atoms with Crippen molar-refractivity contribution in [2.45, 2.75) is 131 Å². The zero-order valence-electron chi connectivity index (χ0n) is 23.4. The van der Waals surface area contributed by atoms with E-state index in [1.165, 1.54) is 70.6 Å². The third-order valence-electron chi connectivity index (χ3n) is 7.72. The lowest BCUT2D eigenvalue weighted by molar-refractivity contribution is -0.531. The first-order valence-electron chi connectivity index (χ1n) is 14.9. The summed E-state index contributed by atoms with van der Waals surface area (Å²) in [5, 5.41) is 25.7. The Morgan fingerprint density at radius 2 is 1.18 bits per heavy atom. The summed E-state index contributed by atoms with van der Waals surface area (Å²) in [6.07, 6.45) is 17.9. The van der Waals surface area contributed by atoms with Crippen LogP contribution in [-0.2, 0) is 0 Å². The van der Waals surface area contributed by atoms with Gasteiger partial charge < -0.3 is 0 Å². The normalized spacial score (nSPS) is 14.6. The number of alkyl halides is 2. The molecule has 0 spiro atoms. The molecule has 6 nitrogen and oxygen atoms in total. The summed E-state index contributed by atoms with van der Waals surface area (Å²) in [5.41, 5.74) is 0.639. The van der Waals surface area contributed by atoms with E-state index in [4.69, 9.17) is 0 Å². The summed E-state index contributed by atoms with van der Waals surface area (Å²) in [6, 6.07) is 11.4. The first-order chi connectivity index (χ1) is 18.9. The first-order valence-corrected chi connectivity index (χ1v) is 16.7. The van der Waals surface area contributed by atoms with Gasteiger partial charge in [0.2, 0.25) is 6.04 Å². The van der Waals surface area contributed by atoms with Gasteiger partial charge in [-0.05, 0) is 23.6 Å². The summed E-state index contributed by atoms with van der Waals surface area (Å²) in [4.78, 5) is 22.7. The van der Waals surface area contributed by atoms with Gasteiger partial charge in [-0.3, -0.25) is 20.2 Å². The van der Waals surface area contributed by atoms with Crippen LogP contribution in [0.3, 0.4) is 0 Å². The van der Waals surface area contributed by atoms with E-state index in [-0.39, 0.29) is 21.1 Å². The number of halogens is 2. The van der Waals surface area contributed by atoms with E-state index in [1.807, 2.05) is 36.4 Å². The third-order valence-corrected chi connectivity index (χ3v) is 9.75. The quantitative estimate of drug-likeness (QED) is 0.0540. The second kappa shape index (κ2) is 19.5. The van der Waals surface area contributed by atoms with Crippen molar-refractivity contribution in [2.75, 3.05) is 0 Å². The average molecular weight is 671 g/mol. The van der Waals surface area contributed by atoms with E-state index in [0.29, 0.717) is 12.0 Å². The van der Waals surface area contributed by atoms with Crippen molar-refractivity contribution in [2.24, 2.45) is 0 Å². The molecule has 0 bridgehead atoms. The van der Waals surface area contributed by atoms with E-state index in [0.717, 1.165) is 30.0 Å². The molecule has 0 aromatic heterocycles. The van der Waals surface area contributed by atoms with Crippen molar-refractivity contribution in [1.82, 2.24) is 0 Å². The predicted octanol–water partition coefficient (Wildman–Crippen LogP) is 10.6. The van der Waals surface area contributed by atoms with E-state index >= 15 is 0 Å². The van der Waals surface area contributed by atoms with Crippen LogP contribution in [-0.4, -0.2) is 25.5 Å². The summed E-state index contributed by atoms with van der Waals surface area (Å²) in [7, 11) is 0. The number of nitrogens with zero attached hydrogens (tertiary/aromatic N) is 2. The maximum atomic E-state index is 12.1. The Bertz CT molecular complexity index is 985. The number of nitro groups is 2. The molecule has 8 heteroatoms. The van der Waals surface area contributed by atoms with Gasteiger partial charge in [0.05, 0.1) is 9.65 Å². The van der Waals surface area contributed by atoms with Crippen LogP contribution in [0.1, 0.15) is 121 Å². The van der Waals surface area contributed by atoms with Crippen LogP contribution in [0.15, 0.2) is 42.5 Å². The van der Waals surface area contributed by atoms with Gasteiger partial charge in [-0.15, -0.1) is 0 Å². The molecule has 218 valence electrons. The smallest absolute Gasteiger partial charge is 0.251 e. The van der Waals surface area contributed by atoms with Crippen LogP contribution in [0.4, 0.5) is 0 Å². The summed E-state index contributed by atoms with van der Waals surface area (Å²) in [5.74, 6) is 0. The molecule has 0 heterocycles. The van der Waals surface area contributed by atoms with E-state index in [9.17, 15) is 20.2 Å². The molecule has 4 atom stereocenters. The van der Waals surface area contributed by atoms with Crippen molar-refractivity contribution >= 4 is 42.6 Å². The number of rotatable bonds is 22. The fourth-order valence-corrected chi connectivity index (χ4v) is 6.93. The third kappa shape index (κ3) is 12.2. The summed E-state index contributed by atoms with van der Waals surface area (Å²) < 4.78 is 0. The van der Waals surface area contributed by atoms with Crippen LogP contribution in [0.25, 0.3) is 10.8 Å². The lowest BCUT2D eigenvalue weighted by Gasteiger charge is -2.20. The van der Waals surface area contributed by atoms with Gasteiger partial charge in [0, 0.05) is 21.8 Å². The largest absolute Gasteiger partial charge is 0.264 e. The zero-order valence-corrected chi connectivity index (χ0v) is 26.6. The van der Waals surface area contributed by atoms with Gasteiger partial charge in [0.15, 0.2) is 0 Å². The van der Waals surface area contributed by atoms with Gasteiger partial charge >= 0.3 is 0 Å². The standard InChI is InChI=1S/C31H46Br2N2O4/c1-2-3-4-5-6-7-8-9-10-11-12-13-14-22-28(32)30(34(36)37)24-23-29(33)31(35(38)39)27-21-17-19-25-18-15-16-20-26(25)27/h15-21,28-31H,2-14,22-24H2,1H3. The second-order valence-electron chi connectivity index (χ2n) is 10.8. The molecule has 0 aliphatic carbocycles. The van der Waals surface area contributed by atoms with Crippen LogP contribution in [0.5, 0.6) is 0 Å². The van der Waals surface area contributed by atoms with Crippen molar-refractivity contribution < 1.29 is 9.85 Å². The Balaban J connectivity index is 1.73. The van der Waals surface area contributed by atoms with Crippen LogP contribution in [0.2, 0.25) is 0 Å². The minimum absolute atomic E-state index is 0.222. The topological polar surface area (TPSA) is 86.3 Å². The Morgan fingerprint density at radius 1 is 0.641 bits per heavy atom. The number of fused-ring (bicyclic) bond motifs is 1. The SMILES string of the molecule is CCCCCCCCCCCCCCCC(Br)C(CCC(Br)C(c1cccc2ccccc12)[N+](=O)[O-])[N+](=O)[O-]. The molecule has 0 aliphatic heterocycles. The highest BCUT2D eigenvalue weighted by Gasteiger charge is 2.36. The molecule has 2 aromatic carbocycles. The first kappa shape index (κ1) is 33.7. The number of unbranched alkanes of at least 4 members (excludes halogenated alkanes) is 12. The Kier molecular flexibility index (Phi) is 16.9. The maximum absolute atomic E-state index is 12.1. The summed E-state index contributed by atoms with van der Waals surface area (Å²) >= 11 is 7.11.